The van der Waals surface area contributed by atoms with E-state index in [2.05, 4.69) is 20.0 Å². The van der Waals surface area contributed by atoms with Gasteiger partial charge in [-0.25, -0.2) is 18.4 Å². The van der Waals surface area contributed by atoms with E-state index in [1.54, 1.807) is 0 Å². The first-order valence-electron chi connectivity index (χ1n) is 9.28. The first-order chi connectivity index (χ1) is 14.5. The van der Waals surface area contributed by atoms with Crippen molar-refractivity contribution in [2.45, 2.75) is 35.8 Å². The van der Waals surface area contributed by atoms with Crippen LogP contribution in [0.4, 0.5) is 19.0 Å². The van der Waals surface area contributed by atoms with Crippen molar-refractivity contribution in [3.63, 3.8) is 0 Å². The molecule has 0 bridgehead atoms. The van der Waals surface area contributed by atoms with Crippen LogP contribution in [-0.4, -0.2) is 49.5 Å². The molecule has 1 unspecified atom stereocenters. The van der Waals surface area contributed by atoms with E-state index < -0.39 is 27.9 Å². The summed E-state index contributed by atoms with van der Waals surface area (Å²) in [6.07, 6.45) is -4.17. The van der Waals surface area contributed by atoms with Gasteiger partial charge in [0.05, 0.1) is 20.9 Å². The maximum absolute atomic E-state index is 13.2. The Bertz CT molecular complexity index is 1110. The topological polar surface area (TPSA) is 84.4 Å². The predicted molar refractivity (Wildman–Crippen MR) is 108 cm³/mol. The minimum atomic E-state index is -4.51. The average Bonchev–Trinajstić information content (AvgIpc) is 3.34. The van der Waals surface area contributed by atoms with Crippen LogP contribution in [0.25, 0.3) is 0 Å². The van der Waals surface area contributed by atoms with Gasteiger partial charge in [0.2, 0.25) is 5.28 Å². The van der Waals surface area contributed by atoms with Crippen molar-refractivity contribution in [1.29, 1.82) is 0 Å². The van der Waals surface area contributed by atoms with Gasteiger partial charge >= 0.3 is 6.18 Å². The number of hydrogen-bond donors (Lipinski definition) is 1. The van der Waals surface area contributed by atoms with Gasteiger partial charge in [-0.2, -0.15) is 13.2 Å². The van der Waals surface area contributed by atoms with Crippen LogP contribution in [0.1, 0.15) is 17.7 Å². The molecule has 1 atom stereocenters. The van der Waals surface area contributed by atoms with Gasteiger partial charge in [-0.1, -0.05) is 11.6 Å². The predicted octanol–water partition coefficient (Wildman–Crippen LogP) is 3.38. The van der Waals surface area contributed by atoms with Gasteiger partial charge in [0.15, 0.2) is 16.4 Å². The Hall–Kier alpha value is -1.82. The summed E-state index contributed by atoms with van der Waals surface area (Å²) in [6.45, 7) is 0.284. The molecule has 0 spiro atoms. The smallest absolute Gasteiger partial charge is 0.422 e. The SMILES string of the molecule is O=S(=O)(c1ccc(OCC(F)(F)F)cc1Cl)C1CCN(c2nc(Cl)nc3c2CNC3)C1. The molecule has 0 aliphatic carbocycles. The number of fused-ring (bicyclic) bond motifs is 1. The van der Waals surface area contributed by atoms with Crippen LogP contribution in [0.3, 0.4) is 0 Å². The fourth-order valence-electron chi connectivity index (χ4n) is 3.70. The molecule has 2 aliphatic rings. The van der Waals surface area contributed by atoms with E-state index in [0.717, 1.165) is 17.3 Å². The molecular formula is C18H17Cl2F3N4O3S. The van der Waals surface area contributed by atoms with Crippen LogP contribution in [0.15, 0.2) is 23.1 Å². The maximum atomic E-state index is 13.2. The van der Waals surface area contributed by atoms with Crippen molar-refractivity contribution >= 4 is 38.9 Å². The highest BCUT2D eigenvalue weighted by atomic mass is 35.5. The molecule has 1 aromatic heterocycles. The number of sulfone groups is 1. The molecule has 0 radical (unpaired) electrons. The number of nitrogens with one attached hydrogen (secondary N) is 1. The second-order valence-corrected chi connectivity index (χ2v) is 10.2. The molecule has 3 heterocycles. The summed E-state index contributed by atoms with van der Waals surface area (Å²) in [5, 5.41) is 2.33. The average molecular weight is 497 g/mol. The van der Waals surface area contributed by atoms with Crippen LogP contribution in [0.2, 0.25) is 10.3 Å². The second-order valence-electron chi connectivity index (χ2n) is 7.24. The van der Waals surface area contributed by atoms with Crippen molar-refractivity contribution in [3.8, 4) is 5.75 Å². The molecule has 0 amide bonds. The molecule has 1 fully saturated rings. The van der Waals surface area contributed by atoms with Crippen LogP contribution in [0.5, 0.6) is 5.75 Å². The zero-order valence-corrected chi connectivity index (χ0v) is 18.2. The molecule has 1 saturated heterocycles. The van der Waals surface area contributed by atoms with Crippen molar-refractivity contribution in [2.24, 2.45) is 0 Å². The van der Waals surface area contributed by atoms with E-state index in [1.165, 1.54) is 12.1 Å². The summed E-state index contributed by atoms with van der Waals surface area (Å²) < 4.78 is 67.9. The molecule has 4 rings (SSSR count). The lowest BCUT2D eigenvalue weighted by atomic mass is 10.2. The lowest BCUT2D eigenvalue weighted by Crippen LogP contribution is -2.28. The van der Waals surface area contributed by atoms with Gasteiger partial charge in [0.25, 0.3) is 0 Å². The molecule has 31 heavy (non-hydrogen) atoms. The van der Waals surface area contributed by atoms with E-state index in [4.69, 9.17) is 23.2 Å². The third-order valence-corrected chi connectivity index (χ3v) is 7.96. The summed E-state index contributed by atoms with van der Waals surface area (Å²) in [6, 6.07) is 3.42. The molecule has 13 heteroatoms. The van der Waals surface area contributed by atoms with Gasteiger partial charge in [0, 0.05) is 37.8 Å². The number of anilines is 1. The van der Waals surface area contributed by atoms with E-state index >= 15 is 0 Å². The largest absolute Gasteiger partial charge is 0.484 e. The summed E-state index contributed by atoms with van der Waals surface area (Å²) in [7, 11) is -3.84. The van der Waals surface area contributed by atoms with Crippen LogP contribution in [0, 0.1) is 0 Å². The second kappa shape index (κ2) is 8.27. The number of rotatable bonds is 5. The van der Waals surface area contributed by atoms with E-state index in [0.29, 0.717) is 31.9 Å². The van der Waals surface area contributed by atoms with Crippen molar-refractivity contribution in [2.75, 3.05) is 24.6 Å². The molecule has 7 nitrogen and oxygen atoms in total. The van der Waals surface area contributed by atoms with Crippen LogP contribution in [-0.2, 0) is 22.9 Å². The zero-order valence-electron chi connectivity index (χ0n) is 15.9. The summed E-state index contributed by atoms with van der Waals surface area (Å²) in [4.78, 5) is 10.2. The van der Waals surface area contributed by atoms with Crippen molar-refractivity contribution < 1.29 is 26.3 Å². The molecule has 1 aromatic carbocycles. The molecular weight excluding hydrogens is 480 g/mol. The Morgan fingerprint density at radius 2 is 2.00 bits per heavy atom. The first-order valence-corrected chi connectivity index (χ1v) is 11.6. The number of alkyl halides is 3. The number of aromatic nitrogens is 2. The standard InChI is InChI=1S/C18H17Cl2F3N4O3S/c19-13-5-10(30-9-18(21,22)23)1-2-15(13)31(28,29)11-3-4-27(8-11)16-12-6-24-7-14(12)25-17(20)26-16/h1-2,5,11,24H,3-4,6-9H2. The fourth-order valence-corrected chi connectivity index (χ4v) is 6.12. The zero-order chi connectivity index (χ0) is 22.4. The Balaban J connectivity index is 1.53. The van der Waals surface area contributed by atoms with Gasteiger partial charge in [0.1, 0.15) is 11.6 Å². The molecule has 2 aromatic rings. The molecule has 1 N–H and O–H groups in total. The quantitative estimate of drug-likeness (QED) is 0.635. The van der Waals surface area contributed by atoms with E-state index in [-0.39, 0.29) is 27.5 Å². The van der Waals surface area contributed by atoms with E-state index in [1.807, 2.05) is 4.90 Å². The van der Waals surface area contributed by atoms with Gasteiger partial charge in [-0.3, -0.25) is 0 Å². The summed E-state index contributed by atoms with van der Waals surface area (Å²) in [5.41, 5.74) is 1.69. The Morgan fingerprint density at radius 1 is 1.23 bits per heavy atom. The number of hydrogen-bond acceptors (Lipinski definition) is 7. The van der Waals surface area contributed by atoms with E-state index in [9.17, 15) is 21.6 Å². The Kier molecular flexibility index (Phi) is 5.97. The minimum absolute atomic E-state index is 0.0984. The summed E-state index contributed by atoms with van der Waals surface area (Å²) in [5.74, 6) is 0.452. The lowest BCUT2D eigenvalue weighted by Gasteiger charge is -2.20. The Morgan fingerprint density at radius 3 is 2.71 bits per heavy atom. The van der Waals surface area contributed by atoms with Gasteiger partial charge in [-0.05, 0) is 30.2 Å². The van der Waals surface area contributed by atoms with Crippen LogP contribution < -0.4 is 15.0 Å². The lowest BCUT2D eigenvalue weighted by molar-refractivity contribution is -0.153. The highest BCUT2D eigenvalue weighted by molar-refractivity contribution is 7.92. The molecule has 0 saturated carbocycles. The molecule has 168 valence electrons. The highest BCUT2D eigenvalue weighted by Crippen LogP contribution is 2.35. The number of nitrogens with zero attached hydrogens (tertiary/aromatic N) is 3. The maximum Gasteiger partial charge on any atom is 0.422 e. The van der Waals surface area contributed by atoms with Gasteiger partial charge < -0.3 is 15.0 Å². The van der Waals surface area contributed by atoms with Crippen LogP contribution >= 0.6 is 23.2 Å². The first kappa shape index (κ1) is 22.4. The number of benzene rings is 1. The van der Waals surface area contributed by atoms with Gasteiger partial charge in [-0.15, -0.1) is 0 Å². The fraction of sp³-hybridized carbons (Fsp3) is 0.444. The monoisotopic (exact) mass is 496 g/mol. The number of ether oxygens (including phenoxy) is 1. The highest BCUT2D eigenvalue weighted by Gasteiger charge is 2.37. The Labute approximate surface area is 186 Å². The third-order valence-electron chi connectivity index (χ3n) is 5.13. The normalized spacial score (nSPS) is 19.0. The summed E-state index contributed by atoms with van der Waals surface area (Å²) >= 11 is 12.1. The minimum Gasteiger partial charge on any atom is -0.484 e. The van der Waals surface area contributed by atoms with Crippen molar-refractivity contribution in [3.05, 3.63) is 39.8 Å². The third kappa shape index (κ3) is 4.69. The number of halogens is 5. The van der Waals surface area contributed by atoms with Crippen molar-refractivity contribution in [1.82, 2.24) is 15.3 Å². The molecule has 2 aliphatic heterocycles.